The smallest absolute Gasteiger partial charge is 0.0138 e. The van der Waals surface area contributed by atoms with E-state index >= 15 is 0 Å². The molecule has 4 rings (SSSR count). The molecule has 0 aromatic carbocycles. The van der Waals surface area contributed by atoms with E-state index in [1.54, 1.807) is 19.3 Å². The average Bonchev–Trinajstić information content (AvgIpc) is 2.62. The van der Waals surface area contributed by atoms with Crippen molar-refractivity contribution in [3.8, 4) is 0 Å². The Hall–Kier alpha value is -0.0400. The van der Waals surface area contributed by atoms with Gasteiger partial charge in [-0.2, -0.15) is 0 Å². The average molecular weight is 219 g/mol. The summed E-state index contributed by atoms with van der Waals surface area (Å²) in [6.07, 6.45) is 9.00. The zero-order valence-corrected chi connectivity index (χ0v) is 10.7. The summed E-state index contributed by atoms with van der Waals surface area (Å²) < 4.78 is 0. The van der Waals surface area contributed by atoms with Gasteiger partial charge >= 0.3 is 0 Å². The van der Waals surface area contributed by atoms with Gasteiger partial charge in [0.05, 0.1) is 0 Å². The summed E-state index contributed by atoms with van der Waals surface area (Å²) in [5.41, 5.74) is 0.565. The third kappa shape index (κ3) is 1.21. The third-order valence-electron chi connectivity index (χ3n) is 6.39. The lowest BCUT2D eigenvalue weighted by Gasteiger charge is -2.29. The van der Waals surface area contributed by atoms with E-state index in [0.717, 1.165) is 35.8 Å². The minimum atomic E-state index is 0.565. The molecule has 1 heteroatoms. The molecule has 4 aliphatic carbocycles. The molecule has 0 aromatic heterocycles. The number of hydrogen-bond donors (Lipinski definition) is 1. The van der Waals surface area contributed by atoms with Crippen molar-refractivity contribution in [2.24, 2.45) is 29.1 Å². The van der Waals surface area contributed by atoms with Crippen LogP contribution in [-0.2, 0) is 0 Å². The van der Waals surface area contributed by atoms with Crippen LogP contribution in [0.4, 0.5) is 0 Å². The molecule has 4 saturated carbocycles. The fourth-order valence-electron chi connectivity index (χ4n) is 5.42. The van der Waals surface area contributed by atoms with Crippen LogP contribution in [0.2, 0.25) is 0 Å². The highest BCUT2D eigenvalue weighted by molar-refractivity contribution is 5.17. The highest BCUT2D eigenvalue weighted by Gasteiger charge is 2.65. The van der Waals surface area contributed by atoms with Gasteiger partial charge in [-0.15, -0.1) is 0 Å². The maximum absolute atomic E-state index is 4.05. The Labute approximate surface area is 99.4 Å². The molecule has 0 heterocycles. The first-order chi connectivity index (χ1) is 7.67. The molecule has 0 saturated heterocycles. The fraction of sp³-hybridized carbons (Fsp3) is 1.00. The second-order valence-corrected chi connectivity index (χ2v) is 7.61. The van der Waals surface area contributed by atoms with Crippen LogP contribution in [0.5, 0.6) is 0 Å². The molecule has 2 bridgehead atoms. The minimum absolute atomic E-state index is 0.565. The first-order valence-corrected chi connectivity index (χ1v) is 7.43. The van der Waals surface area contributed by atoms with Crippen LogP contribution in [0.15, 0.2) is 0 Å². The van der Waals surface area contributed by atoms with Gasteiger partial charge in [0.1, 0.15) is 0 Å². The zero-order valence-electron chi connectivity index (χ0n) is 10.7. The molecule has 0 amide bonds. The minimum Gasteiger partial charge on any atom is -0.310 e. The van der Waals surface area contributed by atoms with E-state index in [4.69, 9.17) is 0 Å². The van der Waals surface area contributed by atoms with Gasteiger partial charge in [0.25, 0.3) is 0 Å². The summed E-state index contributed by atoms with van der Waals surface area (Å²) in [7, 11) is 0. The van der Waals surface area contributed by atoms with Gasteiger partial charge in [-0.05, 0) is 61.2 Å². The lowest BCUT2D eigenvalue weighted by molar-refractivity contribution is 0.267. The van der Waals surface area contributed by atoms with Crippen molar-refractivity contribution < 1.29 is 0 Å². The molecular formula is C15H25N. The van der Waals surface area contributed by atoms with Crippen molar-refractivity contribution in [3.05, 3.63) is 0 Å². The van der Waals surface area contributed by atoms with E-state index in [2.05, 4.69) is 19.2 Å². The second kappa shape index (κ2) is 3.04. The van der Waals surface area contributed by atoms with Crippen molar-refractivity contribution in [3.63, 3.8) is 0 Å². The summed E-state index contributed by atoms with van der Waals surface area (Å²) >= 11 is 0. The lowest BCUT2D eigenvalue weighted by Crippen LogP contribution is -2.41. The first-order valence-electron chi connectivity index (χ1n) is 7.43. The Bertz CT molecular complexity index is 293. The Kier molecular flexibility index (Phi) is 1.89. The van der Waals surface area contributed by atoms with E-state index in [9.17, 15) is 0 Å². The Balaban J connectivity index is 1.44. The highest BCUT2D eigenvalue weighted by atomic mass is 15.1. The van der Waals surface area contributed by atoms with Crippen molar-refractivity contribution >= 4 is 0 Å². The summed E-state index contributed by atoms with van der Waals surface area (Å²) in [4.78, 5) is 0. The predicted octanol–water partition coefficient (Wildman–Crippen LogP) is 3.20. The van der Waals surface area contributed by atoms with E-state index in [0.29, 0.717) is 5.41 Å². The van der Waals surface area contributed by atoms with Crippen molar-refractivity contribution in [1.29, 1.82) is 0 Å². The fourth-order valence-corrected chi connectivity index (χ4v) is 5.42. The van der Waals surface area contributed by atoms with Gasteiger partial charge in [-0.1, -0.05) is 20.3 Å². The normalized spacial score (nSPS) is 56.6. The van der Waals surface area contributed by atoms with E-state index < -0.39 is 0 Å². The summed E-state index contributed by atoms with van der Waals surface area (Å²) in [5, 5.41) is 4.05. The van der Waals surface area contributed by atoms with Gasteiger partial charge in [0, 0.05) is 12.1 Å². The molecule has 16 heavy (non-hydrogen) atoms. The molecule has 0 aliphatic heterocycles. The van der Waals surface area contributed by atoms with Gasteiger partial charge in [0.2, 0.25) is 0 Å². The van der Waals surface area contributed by atoms with Crippen molar-refractivity contribution in [2.45, 2.75) is 64.5 Å². The molecular weight excluding hydrogens is 194 g/mol. The largest absolute Gasteiger partial charge is 0.310 e. The van der Waals surface area contributed by atoms with Crippen LogP contribution < -0.4 is 5.32 Å². The van der Waals surface area contributed by atoms with Crippen LogP contribution in [0, 0.1) is 29.1 Å². The Morgan fingerprint density at radius 3 is 2.25 bits per heavy atom. The first kappa shape index (κ1) is 9.94. The molecule has 0 radical (unpaired) electrons. The molecule has 4 fully saturated rings. The Morgan fingerprint density at radius 2 is 1.69 bits per heavy atom. The monoisotopic (exact) mass is 219 g/mol. The molecule has 4 aliphatic rings. The predicted molar refractivity (Wildman–Crippen MR) is 66.2 cm³/mol. The van der Waals surface area contributed by atoms with Crippen LogP contribution >= 0.6 is 0 Å². The summed E-state index contributed by atoms with van der Waals surface area (Å²) in [6.45, 7) is 4.93. The van der Waals surface area contributed by atoms with Crippen molar-refractivity contribution in [1.82, 2.24) is 5.32 Å². The highest BCUT2D eigenvalue weighted by Crippen LogP contribution is 2.66. The van der Waals surface area contributed by atoms with Crippen molar-refractivity contribution in [2.75, 3.05) is 0 Å². The number of fused-ring (bicyclic) bond motifs is 5. The molecule has 1 N–H and O–H groups in total. The topological polar surface area (TPSA) is 12.0 Å². The molecule has 5 unspecified atom stereocenters. The number of nitrogens with one attached hydrogen (secondary N) is 1. The SMILES string of the molecule is CC1(C)CCCC1NC1C2C3CCC(C3)C12. The molecule has 90 valence electrons. The molecule has 0 spiro atoms. The van der Waals surface area contributed by atoms with Gasteiger partial charge < -0.3 is 5.32 Å². The standard InChI is InChI=1S/C15H25N/c1-15(2)7-3-4-11(15)16-14-12-9-5-6-10(8-9)13(12)14/h9-14,16H,3-8H2,1-2H3. The molecule has 0 aromatic rings. The molecule has 5 atom stereocenters. The molecule has 1 nitrogen and oxygen atoms in total. The third-order valence-corrected chi connectivity index (χ3v) is 6.39. The summed E-state index contributed by atoms with van der Waals surface area (Å²) in [5.74, 6) is 4.46. The van der Waals surface area contributed by atoms with E-state index in [1.807, 2.05) is 0 Å². The van der Waals surface area contributed by atoms with Crippen LogP contribution in [0.1, 0.15) is 52.4 Å². The van der Waals surface area contributed by atoms with Crippen LogP contribution in [-0.4, -0.2) is 12.1 Å². The number of hydrogen-bond acceptors (Lipinski definition) is 1. The van der Waals surface area contributed by atoms with Crippen LogP contribution in [0.3, 0.4) is 0 Å². The van der Waals surface area contributed by atoms with E-state index in [1.165, 1.54) is 19.3 Å². The zero-order chi connectivity index (χ0) is 10.9. The lowest BCUT2D eigenvalue weighted by atomic mass is 9.87. The van der Waals surface area contributed by atoms with Gasteiger partial charge in [0.15, 0.2) is 0 Å². The van der Waals surface area contributed by atoms with Gasteiger partial charge in [-0.3, -0.25) is 0 Å². The van der Waals surface area contributed by atoms with E-state index in [-0.39, 0.29) is 0 Å². The maximum atomic E-state index is 4.05. The van der Waals surface area contributed by atoms with Gasteiger partial charge in [-0.25, -0.2) is 0 Å². The maximum Gasteiger partial charge on any atom is 0.0138 e. The quantitative estimate of drug-likeness (QED) is 0.752. The summed E-state index contributed by atoms with van der Waals surface area (Å²) in [6, 6.07) is 1.76. The Morgan fingerprint density at radius 1 is 1.00 bits per heavy atom. The van der Waals surface area contributed by atoms with Crippen LogP contribution in [0.25, 0.3) is 0 Å². The number of rotatable bonds is 2. The second-order valence-electron chi connectivity index (χ2n) is 7.61.